The van der Waals surface area contributed by atoms with Crippen molar-refractivity contribution < 1.29 is 14.3 Å². The Bertz CT molecular complexity index is 1320. The summed E-state index contributed by atoms with van der Waals surface area (Å²) in [6, 6.07) is 15.9. The summed E-state index contributed by atoms with van der Waals surface area (Å²) in [5.41, 5.74) is 3.18. The zero-order chi connectivity index (χ0) is 23.5. The Balaban J connectivity index is 1.78. The molecule has 0 fully saturated rings. The summed E-state index contributed by atoms with van der Waals surface area (Å²) in [7, 11) is 0. The number of carbonyl (C=O) groups is 2. The lowest BCUT2D eigenvalue weighted by Crippen LogP contribution is -2.15. The maximum absolute atomic E-state index is 13.5. The molecule has 4 aromatic rings. The zero-order valence-corrected chi connectivity index (χ0v) is 21.9. The number of esters is 1. The Hall–Kier alpha value is -2.48. The number of fused-ring (bicyclic) bond motifs is 1. The molecule has 0 aliphatic rings. The van der Waals surface area contributed by atoms with Crippen LogP contribution in [0.2, 0.25) is 0 Å². The Morgan fingerprint density at radius 1 is 1.03 bits per heavy atom. The molecule has 0 spiro atoms. The largest absolute Gasteiger partial charge is 0.462 e. The van der Waals surface area contributed by atoms with Gasteiger partial charge in [-0.15, -0.1) is 22.7 Å². The van der Waals surface area contributed by atoms with E-state index >= 15 is 0 Å². The van der Waals surface area contributed by atoms with Crippen LogP contribution in [0, 0.1) is 6.92 Å². The van der Waals surface area contributed by atoms with Gasteiger partial charge >= 0.3 is 5.97 Å². The first-order chi connectivity index (χ1) is 15.9. The van der Waals surface area contributed by atoms with Crippen molar-refractivity contribution in [1.29, 1.82) is 0 Å². The molecule has 33 heavy (non-hydrogen) atoms. The Kier molecular flexibility index (Phi) is 7.32. The molecule has 0 bridgehead atoms. The van der Waals surface area contributed by atoms with Crippen LogP contribution in [-0.4, -0.2) is 18.5 Å². The SMILES string of the molecule is CCCc1c(C(=O)Nc2sc(C)c(-c3ccc(Br)cc3)c2C(=O)OCC)sc2ccccc12. The molecule has 0 unspecified atom stereocenters. The highest BCUT2D eigenvalue weighted by molar-refractivity contribution is 9.10. The molecule has 0 saturated heterocycles. The number of anilines is 1. The molecular formula is C26H24BrNO3S2. The van der Waals surface area contributed by atoms with Crippen molar-refractivity contribution in [1.82, 2.24) is 0 Å². The number of nitrogens with one attached hydrogen (secondary N) is 1. The summed E-state index contributed by atoms with van der Waals surface area (Å²) in [5, 5.41) is 4.69. The second-order valence-corrected chi connectivity index (χ2v) is 10.8. The van der Waals surface area contributed by atoms with Crippen LogP contribution < -0.4 is 5.32 Å². The molecule has 2 aromatic heterocycles. The van der Waals surface area contributed by atoms with E-state index in [1.807, 2.05) is 49.4 Å². The van der Waals surface area contributed by atoms with Crippen molar-refractivity contribution in [2.24, 2.45) is 0 Å². The summed E-state index contributed by atoms with van der Waals surface area (Å²) < 4.78 is 7.42. The zero-order valence-electron chi connectivity index (χ0n) is 18.7. The van der Waals surface area contributed by atoms with Gasteiger partial charge in [0.1, 0.15) is 10.6 Å². The topological polar surface area (TPSA) is 55.4 Å². The first-order valence-electron chi connectivity index (χ1n) is 10.8. The first-order valence-corrected chi connectivity index (χ1v) is 13.2. The normalized spacial score (nSPS) is 11.0. The van der Waals surface area contributed by atoms with Gasteiger partial charge in [-0.25, -0.2) is 4.79 Å². The van der Waals surface area contributed by atoms with Gasteiger partial charge in [0.25, 0.3) is 5.91 Å². The smallest absolute Gasteiger partial charge is 0.341 e. The van der Waals surface area contributed by atoms with E-state index in [1.165, 1.54) is 22.7 Å². The van der Waals surface area contributed by atoms with E-state index in [0.717, 1.165) is 49.0 Å². The lowest BCUT2D eigenvalue weighted by atomic mass is 10.0. The van der Waals surface area contributed by atoms with Gasteiger partial charge in [0.05, 0.1) is 11.5 Å². The van der Waals surface area contributed by atoms with Crippen LogP contribution in [0.1, 0.15) is 50.7 Å². The van der Waals surface area contributed by atoms with Gasteiger partial charge in [-0.3, -0.25) is 4.79 Å². The Morgan fingerprint density at radius 3 is 2.45 bits per heavy atom. The Labute approximate surface area is 209 Å². The lowest BCUT2D eigenvalue weighted by molar-refractivity contribution is 0.0529. The predicted octanol–water partition coefficient (Wildman–Crippen LogP) is 8.08. The average Bonchev–Trinajstić information content (AvgIpc) is 3.32. The maximum Gasteiger partial charge on any atom is 0.341 e. The lowest BCUT2D eigenvalue weighted by Gasteiger charge is -2.10. The highest BCUT2D eigenvalue weighted by Gasteiger charge is 2.27. The van der Waals surface area contributed by atoms with Crippen molar-refractivity contribution in [2.75, 3.05) is 11.9 Å². The number of thiophene rings is 2. The molecule has 0 radical (unpaired) electrons. The van der Waals surface area contributed by atoms with E-state index < -0.39 is 5.97 Å². The van der Waals surface area contributed by atoms with Crippen molar-refractivity contribution in [3.05, 3.63) is 73.9 Å². The van der Waals surface area contributed by atoms with Gasteiger partial charge in [0.2, 0.25) is 0 Å². The molecule has 170 valence electrons. The van der Waals surface area contributed by atoms with Gasteiger partial charge in [-0.1, -0.05) is 59.6 Å². The molecule has 4 nitrogen and oxygen atoms in total. The number of amides is 1. The fourth-order valence-corrected chi connectivity index (χ4v) is 6.41. The van der Waals surface area contributed by atoms with Crippen molar-refractivity contribution in [2.45, 2.75) is 33.6 Å². The van der Waals surface area contributed by atoms with Gasteiger partial charge < -0.3 is 10.1 Å². The third kappa shape index (κ3) is 4.76. The third-order valence-electron chi connectivity index (χ3n) is 5.33. The quantitative estimate of drug-likeness (QED) is 0.240. The number of aryl methyl sites for hydroxylation is 2. The summed E-state index contributed by atoms with van der Waals surface area (Å²) in [6.45, 7) is 6.11. The number of carbonyl (C=O) groups excluding carboxylic acids is 2. The molecule has 7 heteroatoms. The van der Waals surface area contributed by atoms with Gasteiger partial charge in [-0.2, -0.15) is 0 Å². The number of ether oxygens (including phenoxy) is 1. The van der Waals surface area contributed by atoms with Crippen LogP contribution in [-0.2, 0) is 11.2 Å². The molecule has 1 N–H and O–H groups in total. The van der Waals surface area contributed by atoms with E-state index in [1.54, 1.807) is 6.92 Å². The van der Waals surface area contributed by atoms with E-state index in [2.05, 4.69) is 34.2 Å². The summed E-state index contributed by atoms with van der Waals surface area (Å²) >= 11 is 6.36. The van der Waals surface area contributed by atoms with Crippen molar-refractivity contribution >= 4 is 65.6 Å². The molecule has 0 atom stereocenters. The molecule has 0 aliphatic carbocycles. The van der Waals surface area contributed by atoms with Crippen LogP contribution in [0.4, 0.5) is 5.00 Å². The average molecular weight is 543 g/mol. The fourth-order valence-electron chi connectivity index (χ4n) is 3.94. The predicted molar refractivity (Wildman–Crippen MR) is 142 cm³/mol. The van der Waals surface area contributed by atoms with E-state index in [-0.39, 0.29) is 12.5 Å². The highest BCUT2D eigenvalue weighted by Crippen LogP contribution is 2.41. The minimum atomic E-state index is -0.430. The fraction of sp³-hybridized carbons (Fsp3) is 0.231. The highest BCUT2D eigenvalue weighted by atomic mass is 79.9. The molecule has 2 heterocycles. The van der Waals surface area contributed by atoms with Crippen LogP contribution in [0.3, 0.4) is 0 Å². The number of rotatable bonds is 7. The van der Waals surface area contributed by atoms with Gasteiger partial charge in [-0.05, 0) is 55.0 Å². The number of halogens is 1. The van der Waals surface area contributed by atoms with Crippen LogP contribution in [0.5, 0.6) is 0 Å². The molecule has 1 amide bonds. The van der Waals surface area contributed by atoms with E-state index in [9.17, 15) is 9.59 Å². The number of hydrogen-bond donors (Lipinski definition) is 1. The summed E-state index contributed by atoms with van der Waals surface area (Å²) in [4.78, 5) is 28.1. The van der Waals surface area contributed by atoms with Crippen LogP contribution in [0.25, 0.3) is 21.2 Å². The molecule has 0 aliphatic heterocycles. The first kappa shape index (κ1) is 23.7. The van der Waals surface area contributed by atoms with Crippen LogP contribution >= 0.6 is 38.6 Å². The minimum absolute atomic E-state index is 0.186. The second-order valence-electron chi connectivity index (χ2n) is 7.57. The Morgan fingerprint density at radius 2 is 1.76 bits per heavy atom. The standard InChI is InChI=1S/C26H24BrNO3S2/c1-4-8-19-18-9-6-7-10-20(18)33-23(19)24(29)28-25-22(26(30)31-5-2)21(15(3)32-25)16-11-13-17(27)14-12-16/h6-7,9-14H,4-5,8H2,1-3H3,(H,28,29). The number of benzene rings is 2. The maximum atomic E-state index is 13.5. The second kappa shape index (κ2) is 10.2. The summed E-state index contributed by atoms with van der Waals surface area (Å²) in [5.74, 6) is -0.617. The van der Waals surface area contributed by atoms with Gasteiger partial charge in [0.15, 0.2) is 0 Å². The van der Waals surface area contributed by atoms with Crippen molar-refractivity contribution in [3.8, 4) is 11.1 Å². The number of hydrogen-bond acceptors (Lipinski definition) is 5. The molecule has 4 rings (SSSR count). The van der Waals surface area contributed by atoms with Crippen LogP contribution in [0.15, 0.2) is 53.0 Å². The van der Waals surface area contributed by atoms with Crippen molar-refractivity contribution in [3.63, 3.8) is 0 Å². The van der Waals surface area contributed by atoms with E-state index in [4.69, 9.17) is 4.74 Å². The minimum Gasteiger partial charge on any atom is -0.462 e. The molecule has 2 aromatic carbocycles. The summed E-state index contributed by atoms with van der Waals surface area (Å²) in [6.07, 6.45) is 1.77. The molecular weight excluding hydrogens is 518 g/mol. The van der Waals surface area contributed by atoms with E-state index in [0.29, 0.717) is 15.4 Å². The monoisotopic (exact) mass is 541 g/mol. The third-order valence-corrected chi connectivity index (χ3v) is 8.09. The van der Waals surface area contributed by atoms with Gasteiger partial charge in [0, 0.05) is 19.6 Å². The molecule has 0 saturated carbocycles.